The highest BCUT2D eigenvalue weighted by Crippen LogP contribution is 2.27. The predicted octanol–water partition coefficient (Wildman–Crippen LogP) is 1.50. The first-order valence-corrected chi connectivity index (χ1v) is 5.69. The van der Waals surface area contributed by atoms with E-state index in [4.69, 9.17) is 14.3 Å². The molecule has 0 aliphatic carbocycles. The van der Waals surface area contributed by atoms with Gasteiger partial charge in [-0.2, -0.15) is 0 Å². The van der Waals surface area contributed by atoms with Crippen molar-refractivity contribution in [2.75, 3.05) is 13.7 Å². The van der Waals surface area contributed by atoms with Crippen molar-refractivity contribution in [3.05, 3.63) is 35.9 Å². The lowest BCUT2D eigenvalue weighted by Gasteiger charge is -2.08. The van der Waals surface area contributed by atoms with Crippen molar-refractivity contribution in [3.63, 3.8) is 0 Å². The number of methoxy groups -OCH3 is 1. The third kappa shape index (κ3) is 2.46. The number of hydrogen-bond acceptors (Lipinski definition) is 5. The molecule has 1 aliphatic rings. The highest BCUT2D eigenvalue weighted by Gasteiger charge is 2.26. The van der Waals surface area contributed by atoms with E-state index in [1.807, 2.05) is 24.3 Å². The van der Waals surface area contributed by atoms with Crippen LogP contribution in [0.4, 0.5) is 0 Å². The maximum Gasteiger partial charge on any atom is 0.342 e. The van der Waals surface area contributed by atoms with Gasteiger partial charge in [-0.15, -0.1) is 0 Å². The first-order valence-electron chi connectivity index (χ1n) is 5.69. The molecule has 0 bridgehead atoms. The van der Waals surface area contributed by atoms with E-state index < -0.39 is 12.1 Å². The van der Waals surface area contributed by atoms with Gasteiger partial charge in [0.15, 0.2) is 0 Å². The second kappa shape index (κ2) is 5.55. The van der Waals surface area contributed by atoms with Crippen LogP contribution in [-0.4, -0.2) is 25.8 Å². The van der Waals surface area contributed by atoms with Crippen LogP contribution in [-0.2, 0) is 14.4 Å². The average molecular weight is 249 g/mol. The Morgan fingerprint density at radius 1 is 1.44 bits per heavy atom. The summed E-state index contributed by atoms with van der Waals surface area (Å²) in [5.74, 6) is 0.305. The molecule has 5 heteroatoms. The lowest BCUT2D eigenvalue weighted by molar-refractivity contribution is -0.154. The van der Waals surface area contributed by atoms with E-state index in [-0.39, 0.29) is 0 Å². The normalized spacial score (nSPS) is 17.9. The molecule has 96 valence electrons. The summed E-state index contributed by atoms with van der Waals surface area (Å²) in [7, 11) is 1.60. The van der Waals surface area contributed by atoms with Crippen LogP contribution in [0.2, 0.25) is 0 Å². The monoisotopic (exact) mass is 249 g/mol. The smallest absolute Gasteiger partial charge is 0.342 e. The van der Waals surface area contributed by atoms with E-state index in [0.717, 1.165) is 5.56 Å². The zero-order valence-corrected chi connectivity index (χ0v) is 10.3. The first kappa shape index (κ1) is 12.4. The number of para-hydroxylation sites is 1. The summed E-state index contributed by atoms with van der Waals surface area (Å²) in [5.41, 5.74) is 4.26. The summed E-state index contributed by atoms with van der Waals surface area (Å²) < 4.78 is 10.1. The van der Waals surface area contributed by atoms with Crippen molar-refractivity contribution in [3.8, 4) is 5.75 Å². The number of carbonyl (C=O) groups excluding carboxylic acids is 1. The van der Waals surface area contributed by atoms with Gasteiger partial charge in [-0.1, -0.05) is 12.1 Å². The van der Waals surface area contributed by atoms with E-state index in [9.17, 15) is 4.79 Å². The number of rotatable bonds is 4. The van der Waals surface area contributed by atoms with Crippen molar-refractivity contribution >= 4 is 11.7 Å². The fourth-order valence-corrected chi connectivity index (χ4v) is 1.70. The van der Waals surface area contributed by atoms with Gasteiger partial charge in [0.2, 0.25) is 6.10 Å². The molecule has 1 aliphatic heterocycles. The Labute approximate surface area is 105 Å². The quantitative estimate of drug-likeness (QED) is 0.819. The Morgan fingerprint density at radius 2 is 2.22 bits per heavy atom. The Balaban J connectivity index is 2.20. The van der Waals surface area contributed by atoms with Crippen LogP contribution in [0.3, 0.4) is 0 Å². The van der Waals surface area contributed by atoms with Crippen molar-refractivity contribution in [1.29, 1.82) is 0 Å². The first-order chi connectivity index (χ1) is 8.76. The van der Waals surface area contributed by atoms with Crippen molar-refractivity contribution in [1.82, 2.24) is 5.48 Å². The molecule has 1 heterocycles. The lowest BCUT2D eigenvalue weighted by Crippen LogP contribution is -2.24. The molecule has 1 aromatic carbocycles. The third-order valence-corrected chi connectivity index (χ3v) is 2.53. The van der Waals surface area contributed by atoms with Gasteiger partial charge in [-0.3, -0.25) is 10.3 Å². The molecular weight excluding hydrogens is 234 g/mol. The average Bonchev–Trinajstić information content (AvgIpc) is 2.88. The molecule has 0 amide bonds. The fourth-order valence-electron chi connectivity index (χ4n) is 1.70. The minimum atomic E-state index is -0.718. The lowest BCUT2D eigenvalue weighted by atomic mass is 10.1. The molecule has 2 rings (SSSR count). The van der Waals surface area contributed by atoms with Crippen LogP contribution in [0, 0.1) is 0 Å². The largest absolute Gasteiger partial charge is 0.496 e. The molecular formula is C13H15NO4. The standard InChI is InChI=1S/C13H15NO4/c1-3-17-13(15)12-8-10(14-18-12)9-6-4-5-7-11(9)16-2/h4-8,12,14H,3H2,1-2H3. The van der Waals surface area contributed by atoms with E-state index in [2.05, 4.69) is 5.48 Å². The van der Waals surface area contributed by atoms with Gasteiger partial charge in [-0.25, -0.2) is 4.79 Å². The Morgan fingerprint density at radius 3 is 2.94 bits per heavy atom. The molecule has 1 atom stereocenters. The maximum absolute atomic E-state index is 11.5. The molecule has 1 N–H and O–H groups in total. The molecule has 18 heavy (non-hydrogen) atoms. The van der Waals surface area contributed by atoms with Gasteiger partial charge in [0, 0.05) is 5.56 Å². The highest BCUT2D eigenvalue weighted by atomic mass is 16.7. The van der Waals surface area contributed by atoms with Crippen LogP contribution < -0.4 is 10.2 Å². The van der Waals surface area contributed by atoms with E-state index in [1.54, 1.807) is 20.1 Å². The maximum atomic E-state index is 11.5. The molecule has 0 saturated heterocycles. The number of esters is 1. The summed E-state index contributed by atoms with van der Waals surface area (Å²) in [5, 5.41) is 0. The molecule has 0 aromatic heterocycles. The summed E-state index contributed by atoms with van der Waals surface area (Å²) in [6, 6.07) is 7.49. The molecule has 0 spiro atoms. The van der Waals surface area contributed by atoms with Gasteiger partial charge in [0.1, 0.15) is 5.75 Å². The molecule has 1 aromatic rings. The highest BCUT2D eigenvalue weighted by molar-refractivity contribution is 5.82. The third-order valence-electron chi connectivity index (χ3n) is 2.53. The molecule has 5 nitrogen and oxygen atoms in total. The van der Waals surface area contributed by atoms with Crippen molar-refractivity contribution < 1.29 is 19.1 Å². The number of ether oxygens (including phenoxy) is 2. The van der Waals surface area contributed by atoms with Crippen LogP contribution in [0.25, 0.3) is 5.70 Å². The molecule has 0 fully saturated rings. The number of hydrogen-bond donors (Lipinski definition) is 1. The van der Waals surface area contributed by atoms with Crippen LogP contribution in [0.5, 0.6) is 5.75 Å². The van der Waals surface area contributed by atoms with Crippen LogP contribution in [0.15, 0.2) is 30.3 Å². The summed E-state index contributed by atoms with van der Waals surface area (Å²) >= 11 is 0. The summed E-state index contributed by atoms with van der Waals surface area (Å²) in [4.78, 5) is 16.7. The zero-order valence-electron chi connectivity index (χ0n) is 10.3. The number of benzene rings is 1. The summed E-state index contributed by atoms with van der Waals surface area (Å²) in [6.07, 6.45) is 0.959. The van der Waals surface area contributed by atoms with Crippen molar-refractivity contribution in [2.45, 2.75) is 13.0 Å². The van der Waals surface area contributed by atoms with Crippen LogP contribution in [0.1, 0.15) is 12.5 Å². The number of nitrogens with one attached hydrogen (secondary N) is 1. The van der Waals surface area contributed by atoms with Gasteiger partial charge in [0.05, 0.1) is 19.4 Å². The summed E-state index contributed by atoms with van der Waals surface area (Å²) in [6.45, 7) is 2.08. The predicted molar refractivity (Wildman–Crippen MR) is 65.6 cm³/mol. The SMILES string of the molecule is CCOC(=O)C1C=C(c2ccccc2OC)NO1. The second-order valence-corrected chi connectivity index (χ2v) is 3.67. The van der Waals surface area contributed by atoms with Crippen LogP contribution >= 0.6 is 0 Å². The Hall–Kier alpha value is -2.01. The Bertz CT molecular complexity index is 470. The van der Waals surface area contributed by atoms with Gasteiger partial charge in [-0.05, 0) is 25.1 Å². The van der Waals surface area contributed by atoms with Gasteiger partial charge in [0.25, 0.3) is 0 Å². The van der Waals surface area contributed by atoms with E-state index in [0.29, 0.717) is 18.1 Å². The molecule has 0 saturated carbocycles. The Kier molecular flexibility index (Phi) is 3.84. The van der Waals surface area contributed by atoms with Gasteiger partial charge >= 0.3 is 5.97 Å². The second-order valence-electron chi connectivity index (χ2n) is 3.67. The van der Waals surface area contributed by atoms with E-state index >= 15 is 0 Å². The minimum absolute atomic E-state index is 0.330. The molecule has 1 unspecified atom stereocenters. The molecule has 0 radical (unpaired) electrons. The zero-order chi connectivity index (χ0) is 13.0. The fraction of sp³-hybridized carbons (Fsp3) is 0.308. The topological polar surface area (TPSA) is 56.8 Å². The van der Waals surface area contributed by atoms with Crippen molar-refractivity contribution in [2.24, 2.45) is 0 Å². The minimum Gasteiger partial charge on any atom is -0.496 e. The van der Waals surface area contributed by atoms with Gasteiger partial charge < -0.3 is 9.47 Å². The number of hydroxylamine groups is 1. The number of carbonyl (C=O) groups is 1. The van der Waals surface area contributed by atoms with E-state index in [1.165, 1.54) is 0 Å².